The van der Waals surface area contributed by atoms with Crippen molar-refractivity contribution in [2.75, 3.05) is 37.8 Å². The Morgan fingerprint density at radius 3 is 2.19 bits per heavy atom. The summed E-state index contributed by atoms with van der Waals surface area (Å²) in [5.74, 6) is -0.567. The van der Waals surface area contributed by atoms with Crippen molar-refractivity contribution < 1.29 is 14.4 Å². The highest BCUT2D eigenvalue weighted by molar-refractivity contribution is 5.94. The number of hydrogen-bond donors (Lipinski definition) is 3. The fourth-order valence-corrected chi connectivity index (χ4v) is 1.70. The molecular formula is C14H20N4O3. The molecule has 0 unspecified atom stereocenters. The minimum absolute atomic E-state index is 0.0950. The average Bonchev–Trinajstić information content (AvgIpc) is 2.37. The zero-order chi connectivity index (χ0) is 15.8. The number of nitrogens with zero attached hydrogens (tertiary/aromatic N) is 1. The molecule has 0 aliphatic heterocycles. The smallest absolute Gasteiger partial charge is 0.238 e. The van der Waals surface area contributed by atoms with Gasteiger partial charge in [0.2, 0.25) is 17.7 Å². The van der Waals surface area contributed by atoms with E-state index in [1.807, 2.05) is 0 Å². The van der Waals surface area contributed by atoms with Crippen molar-refractivity contribution in [3.63, 3.8) is 0 Å². The average molecular weight is 292 g/mol. The van der Waals surface area contributed by atoms with Crippen molar-refractivity contribution in [3.8, 4) is 0 Å². The van der Waals surface area contributed by atoms with Gasteiger partial charge in [0.05, 0.1) is 13.1 Å². The molecule has 0 aliphatic carbocycles. The highest BCUT2D eigenvalue weighted by atomic mass is 16.2. The van der Waals surface area contributed by atoms with Crippen LogP contribution in [0.3, 0.4) is 0 Å². The van der Waals surface area contributed by atoms with Crippen LogP contribution in [-0.4, -0.2) is 49.8 Å². The molecule has 1 aromatic rings. The minimum atomic E-state index is -0.235. The maximum atomic E-state index is 11.9. The first-order chi connectivity index (χ1) is 9.90. The third kappa shape index (κ3) is 6.53. The monoisotopic (exact) mass is 292 g/mol. The van der Waals surface area contributed by atoms with Gasteiger partial charge in [0, 0.05) is 25.3 Å². The zero-order valence-corrected chi connectivity index (χ0v) is 12.4. The molecule has 0 aromatic heterocycles. The summed E-state index contributed by atoms with van der Waals surface area (Å²) in [5.41, 5.74) is 1.19. The first-order valence-corrected chi connectivity index (χ1v) is 6.47. The van der Waals surface area contributed by atoms with E-state index in [0.717, 1.165) is 0 Å². The van der Waals surface area contributed by atoms with E-state index >= 15 is 0 Å². The van der Waals surface area contributed by atoms with E-state index in [1.165, 1.54) is 6.92 Å². The van der Waals surface area contributed by atoms with Crippen LogP contribution < -0.4 is 16.0 Å². The Labute approximate surface area is 123 Å². The second kappa shape index (κ2) is 8.01. The summed E-state index contributed by atoms with van der Waals surface area (Å²) in [6.07, 6.45) is 0. The topological polar surface area (TPSA) is 90.5 Å². The van der Waals surface area contributed by atoms with E-state index in [1.54, 1.807) is 43.3 Å². The molecule has 1 aromatic carbocycles. The number of benzene rings is 1. The van der Waals surface area contributed by atoms with Crippen molar-refractivity contribution in [1.82, 2.24) is 10.2 Å². The molecule has 0 bridgehead atoms. The van der Waals surface area contributed by atoms with E-state index in [-0.39, 0.29) is 30.8 Å². The fourth-order valence-electron chi connectivity index (χ4n) is 1.70. The molecule has 0 saturated heterocycles. The maximum Gasteiger partial charge on any atom is 0.238 e. The Balaban J connectivity index is 2.54. The van der Waals surface area contributed by atoms with Gasteiger partial charge < -0.3 is 16.0 Å². The number of amides is 3. The summed E-state index contributed by atoms with van der Waals surface area (Å²) in [4.78, 5) is 35.6. The van der Waals surface area contributed by atoms with Crippen molar-refractivity contribution in [3.05, 3.63) is 24.3 Å². The largest absolute Gasteiger partial charge is 0.358 e. The van der Waals surface area contributed by atoms with Crippen LogP contribution in [-0.2, 0) is 14.4 Å². The van der Waals surface area contributed by atoms with E-state index in [9.17, 15) is 14.4 Å². The van der Waals surface area contributed by atoms with Gasteiger partial charge in [-0.3, -0.25) is 19.3 Å². The lowest BCUT2D eigenvalue weighted by molar-refractivity contribution is -0.122. The lowest BCUT2D eigenvalue weighted by Gasteiger charge is -2.15. The van der Waals surface area contributed by atoms with Crippen molar-refractivity contribution in [2.24, 2.45) is 0 Å². The maximum absolute atomic E-state index is 11.9. The summed E-state index contributed by atoms with van der Waals surface area (Å²) >= 11 is 0. The van der Waals surface area contributed by atoms with Crippen LogP contribution in [0, 0.1) is 0 Å². The van der Waals surface area contributed by atoms with Gasteiger partial charge in [-0.05, 0) is 25.2 Å². The summed E-state index contributed by atoms with van der Waals surface area (Å²) in [6, 6.07) is 6.85. The van der Waals surface area contributed by atoms with Gasteiger partial charge in [0.25, 0.3) is 0 Å². The molecule has 114 valence electrons. The Morgan fingerprint density at radius 2 is 1.62 bits per heavy atom. The molecule has 0 heterocycles. The highest BCUT2D eigenvalue weighted by Crippen LogP contribution is 2.14. The normalized spacial score (nSPS) is 10.1. The molecule has 21 heavy (non-hydrogen) atoms. The number of hydrogen-bond acceptors (Lipinski definition) is 4. The molecule has 0 fully saturated rings. The number of carbonyl (C=O) groups excluding carboxylic acids is 3. The molecule has 1 rings (SSSR count). The molecule has 0 aliphatic rings. The minimum Gasteiger partial charge on any atom is -0.358 e. The van der Waals surface area contributed by atoms with Crippen LogP contribution in [0.25, 0.3) is 0 Å². The third-order valence-corrected chi connectivity index (χ3v) is 2.57. The molecule has 0 spiro atoms. The van der Waals surface area contributed by atoms with Crippen molar-refractivity contribution >= 4 is 29.1 Å². The predicted octanol–water partition coefficient (Wildman–Crippen LogP) is 0.261. The second-order valence-electron chi connectivity index (χ2n) is 4.66. The van der Waals surface area contributed by atoms with Crippen LogP contribution in [0.4, 0.5) is 11.4 Å². The van der Waals surface area contributed by atoms with Crippen LogP contribution in [0.2, 0.25) is 0 Å². The summed E-state index contributed by atoms with van der Waals surface area (Å²) in [5, 5.41) is 7.85. The lowest BCUT2D eigenvalue weighted by Crippen LogP contribution is -2.37. The van der Waals surface area contributed by atoms with Gasteiger partial charge in [0.15, 0.2) is 0 Å². The molecule has 0 saturated carbocycles. The number of likely N-dealkylation sites (N-methyl/N-ethyl adjacent to an activating group) is 2. The number of carbonyl (C=O) groups is 3. The van der Waals surface area contributed by atoms with E-state index in [4.69, 9.17) is 0 Å². The van der Waals surface area contributed by atoms with Crippen LogP contribution in [0.15, 0.2) is 24.3 Å². The van der Waals surface area contributed by atoms with Gasteiger partial charge >= 0.3 is 0 Å². The molecule has 0 radical (unpaired) electrons. The Kier molecular flexibility index (Phi) is 6.35. The highest BCUT2D eigenvalue weighted by Gasteiger charge is 2.10. The predicted molar refractivity (Wildman–Crippen MR) is 80.9 cm³/mol. The molecule has 7 heteroatoms. The quantitative estimate of drug-likeness (QED) is 0.701. The van der Waals surface area contributed by atoms with Gasteiger partial charge in [-0.15, -0.1) is 0 Å². The van der Waals surface area contributed by atoms with Gasteiger partial charge in [-0.1, -0.05) is 6.07 Å². The van der Waals surface area contributed by atoms with Gasteiger partial charge in [-0.2, -0.15) is 0 Å². The molecule has 7 nitrogen and oxygen atoms in total. The van der Waals surface area contributed by atoms with E-state index in [2.05, 4.69) is 16.0 Å². The lowest BCUT2D eigenvalue weighted by atomic mass is 10.2. The number of rotatable bonds is 6. The van der Waals surface area contributed by atoms with Gasteiger partial charge in [-0.25, -0.2) is 0 Å². The zero-order valence-electron chi connectivity index (χ0n) is 12.4. The standard InChI is InChI=1S/C14H20N4O3/c1-10(19)16-11-5-4-6-12(7-11)17-14(21)9-18(3)8-13(20)15-2/h4-7H,8-9H2,1-3H3,(H,15,20)(H,16,19)(H,17,21). The van der Waals surface area contributed by atoms with E-state index < -0.39 is 0 Å². The van der Waals surface area contributed by atoms with Crippen LogP contribution in [0.5, 0.6) is 0 Å². The van der Waals surface area contributed by atoms with Crippen molar-refractivity contribution in [2.45, 2.75) is 6.92 Å². The Hall–Kier alpha value is -2.41. The van der Waals surface area contributed by atoms with E-state index in [0.29, 0.717) is 11.4 Å². The molecular weight excluding hydrogens is 272 g/mol. The fraction of sp³-hybridized carbons (Fsp3) is 0.357. The first kappa shape index (κ1) is 16.6. The number of nitrogens with one attached hydrogen (secondary N) is 3. The third-order valence-electron chi connectivity index (χ3n) is 2.57. The molecule has 3 N–H and O–H groups in total. The van der Waals surface area contributed by atoms with Gasteiger partial charge in [0.1, 0.15) is 0 Å². The molecule has 0 atom stereocenters. The van der Waals surface area contributed by atoms with Crippen LogP contribution in [0.1, 0.15) is 6.92 Å². The summed E-state index contributed by atoms with van der Waals surface area (Å²) in [7, 11) is 3.23. The Bertz CT molecular complexity index is 531. The molecule has 3 amide bonds. The van der Waals surface area contributed by atoms with Crippen molar-refractivity contribution in [1.29, 1.82) is 0 Å². The Morgan fingerprint density at radius 1 is 1.05 bits per heavy atom. The SMILES string of the molecule is CNC(=O)CN(C)CC(=O)Nc1cccc(NC(C)=O)c1. The first-order valence-electron chi connectivity index (χ1n) is 6.47. The number of anilines is 2. The summed E-state index contributed by atoms with van der Waals surface area (Å²) < 4.78 is 0. The van der Waals surface area contributed by atoms with Crippen LogP contribution >= 0.6 is 0 Å². The second-order valence-corrected chi connectivity index (χ2v) is 4.66. The summed E-state index contributed by atoms with van der Waals surface area (Å²) in [6.45, 7) is 1.66.